The maximum absolute atomic E-state index is 10.7. The summed E-state index contributed by atoms with van der Waals surface area (Å²) in [6.45, 7) is 0. The van der Waals surface area contributed by atoms with E-state index in [1.807, 2.05) is 0 Å². The molecule has 0 aromatic heterocycles. The smallest absolute Gasteiger partial charge is 0.131 e. The van der Waals surface area contributed by atoms with Crippen molar-refractivity contribution < 1.29 is 14.9 Å². The first-order valence-corrected chi connectivity index (χ1v) is 6.09. The number of phenolic OH excluding ortho intramolecular Hbond substituents is 1. The molecule has 1 aromatic rings. The van der Waals surface area contributed by atoms with E-state index in [1.165, 1.54) is 7.11 Å². The van der Waals surface area contributed by atoms with Crippen molar-refractivity contribution >= 4 is 15.9 Å². The van der Waals surface area contributed by atoms with Crippen molar-refractivity contribution in [1.29, 1.82) is 0 Å². The number of allylic oxidation sites excluding steroid dienone is 1. The van der Waals surface area contributed by atoms with Crippen LogP contribution in [0.5, 0.6) is 5.75 Å². The first-order chi connectivity index (χ1) is 8.08. The van der Waals surface area contributed by atoms with Gasteiger partial charge in [0.15, 0.2) is 0 Å². The summed E-state index contributed by atoms with van der Waals surface area (Å²) in [7, 11) is 1.54. The fourth-order valence-electron chi connectivity index (χ4n) is 1.84. The third-order valence-electron chi connectivity index (χ3n) is 2.78. The number of hydrogen-bond acceptors (Lipinski definition) is 3. The minimum absolute atomic E-state index is 0.0569. The fraction of sp³-hybridized carbons (Fsp3) is 0.231. The number of ether oxygens (including phenoxy) is 1. The summed E-state index contributed by atoms with van der Waals surface area (Å²) in [6, 6.07) is 6.72. The molecule has 90 valence electrons. The van der Waals surface area contributed by atoms with Crippen LogP contribution >= 0.6 is 15.9 Å². The largest absolute Gasteiger partial charge is 0.508 e. The number of halogens is 1. The normalized spacial score (nSPS) is 27.7. The number of aromatic hydroxyl groups is 1. The Morgan fingerprint density at radius 1 is 1.35 bits per heavy atom. The second kappa shape index (κ2) is 4.55. The highest BCUT2D eigenvalue weighted by molar-refractivity contribution is 9.09. The molecule has 1 aliphatic carbocycles. The molecule has 1 aliphatic rings. The Hall–Kier alpha value is -1.26. The molecule has 17 heavy (non-hydrogen) atoms. The summed E-state index contributed by atoms with van der Waals surface area (Å²) < 4.78 is 5.11. The molecule has 2 rings (SSSR count). The summed E-state index contributed by atoms with van der Waals surface area (Å²) >= 11 is 3.39. The average molecular weight is 297 g/mol. The molecule has 0 spiro atoms. The minimum atomic E-state index is -1.31. The highest BCUT2D eigenvalue weighted by Crippen LogP contribution is 2.40. The zero-order valence-electron chi connectivity index (χ0n) is 9.30. The van der Waals surface area contributed by atoms with Crippen LogP contribution in [-0.4, -0.2) is 22.2 Å². The number of para-hydroxylation sites is 1. The maximum Gasteiger partial charge on any atom is 0.131 e. The Bertz CT molecular complexity index is 481. The van der Waals surface area contributed by atoms with E-state index < -0.39 is 5.60 Å². The SMILES string of the molecule is COC1=CC(O)(c2ccccc2O)C(Br)C=C1. The zero-order valence-corrected chi connectivity index (χ0v) is 10.9. The van der Waals surface area contributed by atoms with Gasteiger partial charge in [0.2, 0.25) is 0 Å². The predicted octanol–water partition coefficient (Wildman–Crippen LogP) is 2.44. The average Bonchev–Trinajstić information content (AvgIpc) is 2.33. The van der Waals surface area contributed by atoms with E-state index in [0.717, 1.165) is 0 Å². The summed E-state index contributed by atoms with van der Waals surface area (Å²) in [5, 5.41) is 20.5. The van der Waals surface area contributed by atoms with Gasteiger partial charge in [-0.1, -0.05) is 40.2 Å². The maximum atomic E-state index is 10.7. The first-order valence-electron chi connectivity index (χ1n) is 5.18. The van der Waals surface area contributed by atoms with Crippen molar-refractivity contribution in [2.75, 3.05) is 7.11 Å². The zero-order chi connectivity index (χ0) is 12.5. The summed E-state index contributed by atoms with van der Waals surface area (Å²) in [5.74, 6) is 0.618. The Balaban J connectivity index is 2.52. The van der Waals surface area contributed by atoms with E-state index in [-0.39, 0.29) is 10.6 Å². The van der Waals surface area contributed by atoms with E-state index in [4.69, 9.17) is 4.74 Å². The molecule has 1 aromatic carbocycles. The van der Waals surface area contributed by atoms with E-state index in [9.17, 15) is 10.2 Å². The van der Waals surface area contributed by atoms with Crippen LogP contribution in [0.3, 0.4) is 0 Å². The van der Waals surface area contributed by atoms with Gasteiger partial charge >= 0.3 is 0 Å². The highest BCUT2D eigenvalue weighted by atomic mass is 79.9. The third kappa shape index (κ3) is 2.10. The topological polar surface area (TPSA) is 49.7 Å². The quantitative estimate of drug-likeness (QED) is 0.824. The minimum Gasteiger partial charge on any atom is -0.508 e. The molecular formula is C13H13BrO3. The molecule has 4 heteroatoms. The van der Waals surface area contributed by atoms with Crippen LogP contribution in [0.1, 0.15) is 5.56 Å². The molecular weight excluding hydrogens is 284 g/mol. The van der Waals surface area contributed by atoms with Gasteiger partial charge in [-0.15, -0.1) is 0 Å². The van der Waals surface area contributed by atoms with E-state index >= 15 is 0 Å². The number of hydrogen-bond donors (Lipinski definition) is 2. The molecule has 0 amide bonds. The molecule has 0 heterocycles. The Labute approximate surface area is 108 Å². The molecule has 0 fully saturated rings. The molecule has 0 saturated heterocycles. The number of methoxy groups -OCH3 is 1. The summed E-state index contributed by atoms with van der Waals surface area (Å²) in [5.41, 5.74) is -0.869. The lowest BCUT2D eigenvalue weighted by atomic mass is 9.86. The van der Waals surface area contributed by atoms with Crippen molar-refractivity contribution in [2.45, 2.75) is 10.4 Å². The molecule has 2 N–H and O–H groups in total. The van der Waals surface area contributed by atoms with Gasteiger partial charge in [-0.3, -0.25) is 0 Å². The number of rotatable bonds is 2. The van der Waals surface area contributed by atoms with Gasteiger partial charge in [0, 0.05) is 5.56 Å². The van der Waals surface area contributed by atoms with Crippen LogP contribution in [0.2, 0.25) is 0 Å². The lowest BCUT2D eigenvalue weighted by molar-refractivity contribution is 0.0896. The Morgan fingerprint density at radius 3 is 2.71 bits per heavy atom. The number of alkyl halides is 1. The molecule has 0 bridgehead atoms. The van der Waals surface area contributed by atoms with Crippen molar-refractivity contribution in [3.63, 3.8) is 0 Å². The monoisotopic (exact) mass is 296 g/mol. The van der Waals surface area contributed by atoms with E-state index in [2.05, 4.69) is 15.9 Å². The molecule has 2 atom stereocenters. The van der Waals surface area contributed by atoms with Crippen LogP contribution in [0.15, 0.2) is 48.3 Å². The molecule has 0 saturated carbocycles. The van der Waals surface area contributed by atoms with Gasteiger partial charge in [0.1, 0.15) is 17.1 Å². The number of aliphatic hydroxyl groups is 1. The van der Waals surface area contributed by atoms with Gasteiger partial charge in [-0.25, -0.2) is 0 Å². The lowest BCUT2D eigenvalue weighted by Crippen LogP contribution is -2.34. The van der Waals surface area contributed by atoms with Gasteiger partial charge in [0.05, 0.1) is 11.9 Å². The molecule has 0 radical (unpaired) electrons. The van der Waals surface area contributed by atoms with Crippen molar-refractivity contribution in [1.82, 2.24) is 0 Å². The standard InChI is InChI=1S/C13H13BrO3/c1-17-9-6-7-12(14)13(16,8-9)10-4-2-3-5-11(10)15/h2-8,12,15-16H,1H3. The van der Waals surface area contributed by atoms with Gasteiger partial charge < -0.3 is 14.9 Å². The molecule has 2 unspecified atom stereocenters. The van der Waals surface area contributed by atoms with E-state index in [0.29, 0.717) is 11.3 Å². The second-order valence-corrected chi connectivity index (χ2v) is 4.84. The highest BCUT2D eigenvalue weighted by Gasteiger charge is 2.38. The second-order valence-electron chi connectivity index (χ2n) is 3.85. The van der Waals surface area contributed by atoms with Crippen LogP contribution in [-0.2, 0) is 10.3 Å². The Morgan fingerprint density at radius 2 is 2.06 bits per heavy atom. The van der Waals surface area contributed by atoms with Crippen molar-refractivity contribution in [3.05, 3.63) is 53.8 Å². The molecule has 0 aliphatic heterocycles. The fourth-order valence-corrected chi connectivity index (χ4v) is 2.37. The van der Waals surface area contributed by atoms with Crippen molar-refractivity contribution in [3.8, 4) is 5.75 Å². The van der Waals surface area contributed by atoms with Crippen molar-refractivity contribution in [2.24, 2.45) is 0 Å². The Kier molecular flexibility index (Phi) is 3.26. The van der Waals surface area contributed by atoms with Gasteiger partial charge in [0.25, 0.3) is 0 Å². The lowest BCUT2D eigenvalue weighted by Gasteiger charge is -2.32. The van der Waals surface area contributed by atoms with Crippen LogP contribution in [0.4, 0.5) is 0 Å². The van der Waals surface area contributed by atoms with E-state index in [1.54, 1.807) is 42.5 Å². The summed E-state index contributed by atoms with van der Waals surface area (Å²) in [6.07, 6.45) is 5.14. The van der Waals surface area contributed by atoms with Crippen LogP contribution in [0, 0.1) is 0 Å². The number of phenols is 1. The van der Waals surface area contributed by atoms with Gasteiger partial charge in [-0.2, -0.15) is 0 Å². The molecule has 3 nitrogen and oxygen atoms in total. The number of benzene rings is 1. The first kappa shape index (κ1) is 12.2. The van der Waals surface area contributed by atoms with Gasteiger partial charge in [-0.05, 0) is 18.2 Å². The predicted molar refractivity (Wildman–Crippen MR) is 69.0 cm³/mol. The van der Waals surface area contributed by atoms with Crippen LogP contribution in [0.25, 0.3) is 0 Å². The third-order valence-corrected chi connectivity index (χ3v) is 3.79. The van der Waals surface area contributed by atoms with Crippen LogP contribution < -0.4 is 0 Å². The summed E-state index contributed by atoms with van der Waals surface area (Å²) in [4.78, 5) is -0.317.